The van der Waals surface area contributed by atoms with Gasteiger partial charge < -0.3 is 9.47 Å². The third-order valence-corrected chi connectivity index (χ3v) is 1.50. The van der Waals surface area contributed by atoms with E-state index in [1.165, 1.54) is 13.2 Å². The fourth-order valence-electron chi connectivity index (χ4n) is 0.784. The molecular weight excluding hydrogens is 224 g/mol. The zero-order valence-electron chi connectivity index (χ0n) is 10.8. The van der Waals surface area contributed by atoms with Crippen LogP contribution in [0.25, 0.3) is 0 Å². The topological polar surface area (TPSA) is 77.3 Å². The van der Waals surface area contributed by atoms with Gasteiger partial charge in [0.25, 0.3) is 0 Å². The van der Waals surface area contributed by atoms with Crippen molar-refractivity contribution in [1.29, 1.82) is 0 Å². The van der Waals surface area contributed by atoms with Crippen LogP contribution in [0.15, 0.2) is 22.0 Å². The van der Waals surface area contributed by atoms with Crippen molar-refractivity contribution >= 4 is 12.1 Å². The molecule has 0 rings (SSSR count). The number of carbonyl (C=O) groups is 2. The molecule has 0 saturated heterocycles. The summed E-state index contributed by atoms with van der Waals surface area (Å²) in [7, 11) is 1.26. The summed E-state index contributed by atoms with van der Waals surface area (Å²) in [5, 5.41) is 6.98. The number of rotatable bonds is 3. The highest BCUT2D eigenvalue weighted by Gasteiger charge is 2.15. The first-order chi connectivity index (χ1) is 7.78. The highest BCUT2D eigenvalue weighted by atomic mass is 16.6. The molecule has 0 radical (unpaired) electrons. The molecule has 0 bridgehead atoms. The second kappa shape index (κ2) is 6.78. The molecule has 0 spiro atoms. The van der Waals surface area contributed by atoms with Gasteiger partial charge in [-0.25, -0.2) is 9.59 Å². The van der Waals surface area contributed by atoms with E-state index >= 15 is 0 Å². The molecule has 0 fully saturated rings. The van der Waals surface area contributed by atoms with Gasteiger partial charge >= 0.3 is 12.1 Å². The highest BCUT2D eigenvalue weighted by molar-refractivity contribution is 5.82. The zero-order chi connectivity index (χ0) is 13.5. The molecule has 0 heterocycles. The van der Waals surface area contributed by atoms with Crippen LogP contribution in [0.4, 0.5) is 4.79 Å². The van der Waals surface area contributed by atoms with Crippen LogP contribution < -0.4 is 0 Å². The maximum Gasteiger partial charge on any atom is 0.452 e. The minimum atomic E-state index is -0.790. The van der Waals surface area contributed by atoms with Gasteiger partial charge in [-0.15, -0.1) is 5.11 Å². The van der Waals surface area contributed by atoms with Gasteiger partial charge in [0.05, 0.1) is 12.8 Å². The van der Waals surface area contributed by atoms with Crippen LogP contribution in [-0.4, -0.2) is 24.8 Å². The zero-order valence-corrected chi connectivity index (χ0v) is 10.8. The number of hydrogen-bond donors (Lipinski definition) is 0. The Morgan fingerprint density at radius 2 is 1.82 bits per heavy atom. The van der Waals surface area contributed by atoms with E-state index in [1.54, 1.807) is 27.7 Å². The summed E-state index contributed by atoms with van der Waals surface area (Å²) in [4.78, 5) is 22.1. The van der Waals surface area contributed by atoms with Crippen LogP contribution in [0.3, 0.4) is 0 Å². The van der Waals surface area contributed by atoms with Gasteiger partial charge in [-0.05, 0) is 27.2 Å². The van der Waals surface area contributed by atoms with Crippen LogP contribution in [0.1, 0.15) is 34.1 Å². The number of ether oxygens (including phenoxy) is 2. The van der Waals surface area contributed by atoms with Crippen molar-refractivity contribution in [3.8, 4) is 0 Å². The highest BCUT2D eigenvalue weighted by Crippen LogP contribution is 2.10. The molecule has 0 aromatic heterocycles. The van der Waals surface area contributed by atoms with Gasteiger partial charge in [0, 0.05) is 6.08 Å². The lowest BCUT2D eigenvalue weighted by molar-refractivity contribution is -0.134. The Morgan fingerprint density at radius 3 is 2.24 bits per heavy atom. The molecule has 0 unspecified atom stereocenters. The van der Waals surface area contributed by atoms with Gasteiger partial charge in [-0.1, -0.05) is 12.0 Å². The Morgan fingerprint density at radius 1 is 1.24 bits per heavy atom. The van der Waals surface area contributed by atoms with Crippen molar-refractivity contribution in [3.05, 3.63) is 11.8 Å². The summed E-state index contributed by atoms with van der Waals surface area (Å²) in [6.07, 6.45) is 0.844. The van der Waals surface area contributed by atoms with Gasteiger partial charge in [0.2, 0.25) is 0 Å². The average Bonchev–Trinajstić information content (AvgIpc) is 2.21. The van der Waals surface area contributed by atoms with E-state index in [2.05, 4.69) is 15.0 Å². The van der Waals surface area contributed by atoms with E-state index in [-0.39, 0.29) is 0 Å². The van der Waals surface area contributed by atoms with Gasteiger partial charge in [-0.2, -0.15) is 0 Å². The molecule has 0 aliphatic heterocycles. The van der Waals surface area contributed by atoms with Crippen LogP contribution in [0, 0.1) is 0 Å². The second-order valence-corrected chi connectivity index (χ2v) is 4.19. The van der Waals surface area contributed by atoms with Crippen molar-refractivity contribution in [2.24, 2.45) is 10.2 Å². The normalized spacial score (nSPS) is 12.6. The monoisotopic (exact) mass is 242 g/mol. The molecule has 0 atom stereocenters. The molecule has 0 aromatic rings. The minimum Gasteiger partial charge on any atom is -0.466 e. The van der Waals surface area contributed by atoms with Crippen molar-refractivity contribution in [1.82, 2.24) is 0 Å². The fourth-order valence-corrected chi connectivity index (χ4v) is 0.784. The van der Waals surface area contributed by atoms with Crippen LogP contribution in [0.2, 0.25) is 0 Å². The van der Waals surface area contributed by atoms with E-state index in [9.17, 15) is 9.59 Å². The average molecular weight is 242 g/mol. The van der Waals surface area contributed by atoms with Crippen LogP contribution in [-0.2, 0) is 14.3 Å². The number of amides is 1. The Hall–Kier alpha value is -1.72. The van der Waals surface area contributed by atoms with Crippen LogP contribution >= 0.6 is 0 Å². The number of nitrogens with zero attached hydrogens (tertiary/aromatic N) is 2. The molecule has 96 valence electrons. The first kappa shape index (κ1) is 15.3. The summed E-state index contributed by atoms with van der Waals surface area (Å²) in [5.74, 6) is -0.537. The fraction of sp³-hybridized carbons (Fsp3) is 0.636. The Labute approximate surface area is 101 Å². The van der Waals surface area contributed by atoms with E-state index in [0.717, 1.165) is 0 Å². The molecule has 0 saturated carbocycles. The van der Waals surface area contributed by atoms with Crippen LogP contribution in [0.5, 0.6) is 0 Å². The summed E-state index contributed by atoms with van der Waals surface area (Å²) in [5.41, 5.74) is -0.267. The lowest BCUT2D eigenvalue weighted by Gasteiger charge is -2.16. The second-order valence-electron chi connectivity index (χ2n) is 4.19. The maximum atomic E-state index is 11.2. The summed E-state index contributed by atoms with van der Waals surface area (Å²) >= 11 is 0. The van der Waals surface area contributed by atoms with Crippen molar-refractivity contribution in [2.75, 3.05) is 7.11 Å². The van der Waals surface area contributed by atoms with Crippen molar-refractivity contribution in [2.45, 2.75) is 39.7 Å². The SMILES string of the molecule is CC/C(=C\C(=O)OC)N=NC(=O)OC(C)(C)C. The standard InChI is InChI=1S/C11H18N2O4/c1-6-8(7-9(14)16-5)12-13-10(15)17-11(2,3)4/h7H,6H2,1-5H3/b8-7+,13-12?. The van der Waals surface area contributed by atoms with Crippen molar-refractivity contribution in [3.63, 3.8) is 0 Å². The Kier molecular flexibility index (Phi) is 6.09. The molecule has 0 aromatic carbocycles. The summed E-state index contributed by atoms with van der Waals surface area (Å²) in [6.45, 7) is 6.96. The number of hydrogen-bond acceptors (Lipinski definition) is 5. The molecule has 17 heavy (non-hydrogen) atoms. The molecule has 0 N–H and O–H groups in total. The van der Waals surface area contributed by atoms with E-state index in [1.807, 2.05) is 0 Å². The number of azo groups is 1. The first-order valence-corrected chi connectivity index (χ1v) is 5.21. The third kappa shape index (κ3) is 8.12. The molecule has 0 aliphatic carbocycles. The molecule has 6 nitrogen and oxygen atoms in total. The lowest BCUT2D eigenvalue weighted by Crippen LogP contribution is -2.21. The summed E-state index contributed by atoms with van der Waals surface area (Å²) in [6, 6.07) is 0. The number of methoxy groups -OCH3 is 1. The maximum absolute atomic E-state index is 11.2. The Bertz CT molecular complexity index is 340. The van der Waals surface area contributed by atoms with E-state index in [0.29, 0.717) is 12.1 Å². The predicted octanol–water partition coefficient (Wildman–Crippen LogP) is 2.84. The van der Waals surface area contributed by atoms with Gasteiger partial charge in [0.15, 0.2) is 0 Å². The summed E-state index contributed by atoms with van der Waals surface area (Å²) < 4.78 is 9.36. The van der Waals surface area contributed by atoms with Gasteiger partial charge in [0.1, 0.15) is 5.60 Å². The number of carbonyl (C=O) groups excluding carboxylic acids is 2. The number of esters is 1. The molecule has 1 amide bonds. The largest absolute Gasteiger partial charge is 0.466 e. The Balaban J connectivity index is 4.53. The number of allylic oxidation sites excluding steroid dienone is 1. The van der Waals surface area contributed by atoms with E-state index < -0.39 is 17.7 Å². The van der Waals surface area contributed by atoms with Crippen molar-refractivity contribution < 1.29 is 19.1 Å². The lowest BCUT2D eigenvalue weighted by atomic mass is 10.2. The van der Waals surface area contributed by atoms with Gasteiger partial charge in [-0.3, -0.25) is 0 Å². The molecule has 0 aliphatic rings. The predicted molar refractivity (Wildman–Crippen MR) is 61.5 cm³/mol. The molecule has 6 heteroatoms. The quantitative estimate of drug-likeness (QED) is 0.433. The third-order valence-electron chi connectivity index (χ3n) is 1.50. The van der Waals surface area contributed by atoms with E-state index in [4.69, 9.17) is 4.74 Å². The molecular formula is C11H18N2O4. The minimum absolute atomic E-state index is 0.350. The smallest absolute Gasteiger partial charge is 0.452 e. The first-order valence-electron chi connectivity index (χ1n) is 5.21.